The highest BCUT2D eigenvalue weighted by molar-refractivity contribution is 7.92. The molecule has 2 N–H and O–H groups in total. The van der Waals surface area contributed by atoms with Crippen LogP contribution in [-0.2, 0) is 10.0 Å². The molecule has 0 amide bonds. The van der Waals surface area contributed by atoms with E-state index in [0.717, 1.165) is 17.1 Å². The molecule has 0 aliphatic heterocycles. The highest BCUT2D eigenvalue weighted by atomic mass is 35.5. The monoisotopic (exact) mass is 347 g/mol. The van der Waals surface area contributed by atoms with Gasteiger partial charge in [-0.2, -0.15) is 0 Å². The van der Waals surface area contributed by atoms with Gasteiger partial charge in [0, 0.05) is 11.3 Å². The second-order valence-electron chi connectivity index (χ2n) is 5.00. The number of hydrogen-bond donors (Lipinski definition) is 2. The smallest absolute Gasteiger partial charge is 0.263 e. The molecule has 0 fully saturated rings. The van der Waals surface area contributed by atoms with E-state index in [-0.39, 0.29) is 9.92 Å². The average Bonchev–Trinajstić information content (AvgIpc) is 2.94. The van der Waals surface area contributed by atoms with Gasteiger partial charge in [0.25, 0.3) is 10.0 Å². The minimum Gasteiger partial charge on any atom is -0.342 e. The number of aryl methyl sites for hydroxylation is 1. The molecule has 1 aromatic heterocycles. The predicted octanol–water partition coefficient (Wildman–Crippen LogP) is 3.84. The molecule has 0 bridgehead atoms. The van der Waals surface area contributed by atoms with Gasteiger partial charge in [-0.05, 0) is 31.2 Å². The van der Waals surface area contributed by atoms with Crippen molar-refractivity contribution < 1.29 is 8.42 Å². The summed E-state index contributed by atoms with van der Waals surface area (Å²) in [7, 11) is -3.75. The van der Waals surface area contributed by atoms with Gasteiger partial charge in [-0.15, -0.1) is 0 Å². The number of benzene rings is 2. The topological polar surface area (TPSA) is 74.8 Å². The fraction of sp³-hybridized carbons (Fsp3) is 0.0625. The van der Waals surface area contributed by atoms with Crippen molar-refractivity contribution in [1.82, 2.24) is 9.97 Å². The van der Waals surface area contributed by atoms with Crippen molar-refractivity contribution in [3.63, 3.8) is 0 Å². The van der Waals surface area contributed by atoms with E-state index in [2.05, 4.69) is 14.7 Å². The Labute approximate surface area is 139 Å². The fourth-order valence-electron chi connectivity index (χ4n) is 2.19. The summed E-state index contributed by atoms with van der Waals surface area (Å²) in [4.78, 5) is 7.30. The molecule has 7 heteroatoms. The number of anilines is 1. The molecule has 2 aromatic carbocycles. The van der Waals surface area contributed by atoms with Gasteiger partial charge in [-0.25, -0.2) is 13.4 Å². The highest BCUT2D eigenvalue weighted by Crippen LogP contribution is 2.25. The quantitative estimate of drug-likeness (QED) is 0.753. The number of rotatable bonds is 4. The van der Waals surface area contributed by atoms with E-state index < -0.39 is 10.0 Å². The zero-order valence-electron chi connectivity index (χ0n) is 12.2. The third-order valence-corrected chi connectivity index (χ3v) is 5.14. The van der Waals surface area contributed by atoms with Gasteiger partial charge in [0.2, 0.25) is 0 Å². The maximum absolute atomic E-state index is 12.5. The number of H-pyrrole nitrogens is 1. The van der Waals surface area contributed by atoms with Crippen LogP contribution in [0.15, 0.2) is 59.6 Å². The molecule has 118 valence electrons. The summed E-state index contributed by atoms with van der Waals surface area (Å²) in [6.07, 6.45) is 1.71. The number of aromatic amines is 1. The molecule has 0 saturated carbocycles. The van der Waals surface area contributed by atoms with Gasteiger partial charge in [-0.3, -0.25) is 4.72 Å². The van der Waals surface area contributed by atoms with Crippen LogP contribution in [0.25, 0.3) is 11.3 Å². The second kappa shape index (κ2) is 6.06. The Balaban J connectivity index is 1.93. The van der Waals surface area contributed by atoms with Crippen LogP contribution in [-0.4, -0.2) is 18.4 Å². The first-order chi connectivity index (χ1) is 11.0. The third-order valence-electron chi connectivity index (χ3n) is 3.25. The number of imidazole rings is 1. The number of nitrogens with zero attached hydrogens (tertiary/aromatic N) is 1. The van der Waals surface area contributed by atoms with E-state index in [1.807, 2.05) is 13.0 Å². The van der Waals surface area contributed by atoms with Crippen LogP contribution in [0.5, 0.6) is 0 Å². The van der Waals surface area contributed by atoms with Crippen molar-refractivity contribution in [2.75, 3.05) is 4.72 Å². The van der Waals surface area contributed by atoms with Crippen LogP contribution in [0.2, 0.25) is 5.02 Å². The van der Waals surface area contributed by atoms with Gasteiger partial charge in [0.1, 0.15) is 10.7 Å². The summed E-state index contributed by atoms with van der Waals surface area (Å²) in [6, 6.07) is 13.4. The third kappa shape index (κ3) is 3.38. The minimum atomic E-state index is -3.75. The van der Waals surface area contributed by atoms with E-state index in [0.29, 0.717) is 5.69 Å². The summed E-state index contributed by atoms with van der Waals surface area (Å²) in [6.45, 7) is 1.85. The van der Waals surface area contributed by atoms with Crippen molar-refractivity contribution in [3.05, 3.63) is 65.6 Å². The van der Waals surface area contributed by atoms with Crippen molar-refractivity contribution in [2.45, 2.75) is 11.8 Å². The first-order valence-corrected chi connectivity index (χ1v) is 8.71. The zero-order chi connectivity index (χ0) is 16.4. The van der Waals surface area contributed by atoms with Crippen molar-refractivity contribution in [3.8, 4) is 11.3 Å². The highest BCUT2D eigenvalue weighted by Gasteiger charge is 2.17. The molecule has 0 saturated heterocycles. The molecule has 0 aliphatic rings. The molecule has 0 aliphatic carbocycles. The Morgan fingerprint density at radius 3 is 2.61 bits per heavy atom. The Bertz CT molecular complexity index is 951. The van der Waals surface area contributed by atoms with E-state index in [1.54, 1.807) is 42.6 Å². The molecule has 23 heavy (non-hydrogen) atoms. The van der Waals surface area contributed by atoms with E-state index >= 15 is 0 Å². The molecule has 1 heterocycles. The van der Waals surface area contributed by atoms with Crippen molar-refractivity contribution in [1.29, 1.82) is 0 Å². The second-order valence-corrected chi connectivity index (χ2v) is 7.06. The molecule has 0 unspecified atom stereocenters. The van der Waals surface area contributed by atoms with Gasteiger partial charge >= 0.3 is 0 Å². The number of sulfonamides is 1. The molecule has 5 nitrogen and oxygen atoms in total. The Hall–Kier alpha value is -2.31. The summed E-state index contributed by atoms with van der Waals surface area (Å²) in [5.74, 6) is 0.794. The van der Waals surface area contributed by atoms with Crippen LogP contribution in [0.4, 0.5) is 5.69 Å². The predicted molar refractivity (Wildman–Crippen MR) is 91.0 cm³/mol. The molecule has 3 aromatic rings. The lowest BCUT2D eigenvalue weighted by Gasteiger charge is -2.10. The summed E-state index contributed by atoms with van der Waals surface area (Å²) >= 11 is 5.97. The van der Waals surface area contributed by atoms with Crippen LogP contribution in [0.3, 0.4) is 0 Å². The van der Waals surface area contributed by atoms with Crippen LogP contribution >= 0.6 is 11.6 Å². The molecule has 3 rings (SSSR count). The molecule has 0 radical (unpaired) electrons. The minimum absolute atomic E-state index is 0.0458. The van der Waals surface area contributed by atoms with Gasteiger partial charge < -0.3 is 4.98 Å². The Morgan fingerprint density at radius 2 is 1.91 bits per heavy atom. The van der Waals surface area contributed by atoms with Gasteiger partial charge in [0.15, 0.2) is 0 Å². The lowest BCUT2D eigenvalue weighted by molar-refractivity contribution is 0.601. The maximum Gasteiger partial charge on any atom is 0.263 e. The standard InChI is InChI=1S/C16H14ClN3O2S/c1-11-18-10-15(19-11)12-5-4-6-13(9-12)20-23(21,22)16-8-3-2-7-14(16)17/h2-10,20H,1H3,(H,18,19). The summed E-state index contributed by atoms with van der Waals surface area (Å²) in [5, 5.41) is 0.181. The average molecular weight is 348 g/mol. The SMILES string of the molecule is Cc1ncc(-c2cccc(NS(=O)(=O)c3ccccc3Cl)c2)[nH]1. The zero-order valence-corrected chi connectivity index (χ0v) is 13.8. The van der Waals surface area contributed by atoms with Crippen LogP contribution in [0.1, 0.15) is 5.82 Å². The van der Waals surface area contributed by atoms with Crippen LogP contribution < -0.4 is 4.72 Å². The number of nitrogens with one attached hydrogen (secondary N) is 2. The molecular formula is C16H14ClN3O2S. The van der Waals surface area contributed by atoms with Gasteiger partial charge in [-0.1, -0.05) is 35.9 Å². The van der Waals surface area contributed by atoms with E-state index in [1.165, 1.54) is 6.07 Å². The molecule has 0 spiro atoms. The largest absolute Gasteiger partial charge is 0.342 e. The van der Waals surface area contributed by atoms with E-state index in [4.69, 9.17) is 11.6 Å². The maximum atomic E-state index is 12.5. The van der Waals surface area contributed by atoms with Gasteiger partial charge in [0.05, 0.1) is 16.9 Å². The summed E-state index contributed by atoms with van der Waals surface area (Å²) < 4.78 is 27.5. The number of hydrogen-bond acceptors (Lipinski definition) is 3. The first kappa shape index (κ1) is 15.6. The first-order valence-electron chi connectivity index (χ1n) is 6.85. The van der Waals surface area contributed by atoms with E-state index in [9.17, 15) is 8.42 Å². The van der Waals surface area contributed by atoms with Crippen molar-refractivity contribution >= 4 is 27.3 Å². The summed E-state index contributed by atoms with van der Waals surface area (Å²) in [5.41, 5.74) is 2.11. The Morgan fingerprint density at radius 1 is 1.13 bits per heavy atom. The van der Waals surface area contributed by atoms with Crippen molar-refractivity contribution in [2.24, 2.45) is 0 Å². The van der Waals surface area contributed by atoms with Crippen LogP contribution in [0, 0.1) is 6.92 Å². The fourth-order valence-corrected chi connectivity index (χ4v) is 3.76. The lowest BCUT2D eigenvalue weighted by atomic mass is 10.1. The Kier molecular flexibility index (Phi) is 4.11. The lowest BCUT2D eigenvalue weighted by Crippen LogP contribution is -2.13. The number of aromatic nitrogens is 2. The normalized spacial score (nSPS) is 11.4. The number of halogens is 1. The molecule has 0 atom stereocenters. The molecular weight excluding hydrogens is 334 g/mol.